The number of halogens is 2. The number of nitrogens with one attached hydrogen (secondary N) is 2. The Morgan fingerprint density at radius 3 is 2.53 bits per heavy atom. The standard InChI is InChI=1S/C12H10BrClN4O/c13-9-2-1-7(5-10(9)15)17-12(19)18-8-3-4-16-11(14)6-8/h1-6H,15H2,(H2,16,17,18,19). The summed E-state index contributed by atoms with van der Waals surface area (Å²) in [5.41, 5.74) is 7.42. The molecule has 0 aliphatic carbocycles. The third-order valence-electron chi connectivity index (χ3n) is 2.24. The van der Waals surface area contributed by atoms with Crippen molar-refractivity contribution in [2.75, 3.05) is 16.4 Å². The maximum atomic E-state index is 11.8. The number of nitrogens with two attached hydrogens (primary N) is 1. The summed E-state index contributed by atoms with van der Waals surface area (Å²) in [5.74, 6) is 0. The number of benzene rings is 1. The molecule has 0 fully saturated rings. The number of amides is 2. The largest absolute Gasteiger partial charge is 0.398 e. The van der Waals surface area contributed by atoms with Gasteiger partial charge in [0.25, 0.3) is 0 Å². The zero-order valence-electron chi connectivity index (χ0n) is 9.65. The lowest BCUT2D eigenvalue weighted by molar-refractivity contribution is 0.262. The van der Waals surface area contributed by atoms with E-state index >= 15 is 0 Å². The highest BCUT2D eigenvalue weighted by Gasteiger charge is 2.04. The maximum Gasteiger partial charge on any atom is 0.323 e. The van der Waals surface area contributed by atoms with Crippen LogP contribution in [-0.4, -0.2) is 11.0 Å². The molecule has 0 aliphatic rings. The quantitative estimate of drug-likeness (QED) is 0.575. The van der Waals surface area contributed by atoms with E-state index in [1.54, 1.807) is 30.3 Å². The van der Waals surface area contributed by atoms with Gasteiger partial charge in [0.05, 0.1) is 0 Å². The molecule has 1 heterocycles. The van der Waals surface area contributed by atoms with Crippen LogP contribution in [0.5, 0.6) is 0 Å². The number of carbonyl (C=O) groups excluding carboxylic acids is 1. The van der Waals surface area contributed by atoms with Crippen LogP contribution >= 0.6 is 27.5 Å². The number of aromatic nitrogens is 1. The number of hydrogen-bond acceptors (Lipinski definition) is 3. The van der Waals surface area contributed by atoms with Crippen LogP contribution < -0.4 is 16.4 Å². The molecular weight excluding hydrogens is 332 g/mol. The molecule has 2 rings (SSSR count). The first-order valence-corrected chi connectivity index (χ1v) is 6.46. The molecule has 2 amide bonds. The van der Waals surface area contributed by atoms with Crippen LogP contribution in [0, 0.1) is 0 Å². The first kappa shape index (κ1) is 13.6. The number of rotatable bonds is 2. The van der Waals surface area contributed by atoms with Gasteiger partial charge in [0.2, 0.25) is 0 Å². The van der Waals surface area contributed by atoms with Crippen LogP contribution in [0.15, 0.2) is 41.0 Å². The van der Waals surface area contributed by atoms with Crippen molar-refractivity contribution in [1.82, 2.24) is 4.98 Å². The van der Waals surface area contributed by atoms with Gasteiger partial charge < -0.3 is 16.4 Å². The number of nitrogens with zero attached hydrogens (tertiary/aromatic N) is 1. The molecule has 0 bridgehead atoms. The topological polar surface area (TPSA) is 80.0 Å². The molecule has 19 heavy (non-hydrogen) atoms. The van der Waals surface area contributed by atoms with E-state index in [0.717, 1.165) is 4.47 Å². The van der Waals surface area contributed by atoms with Crippen LogP contribution in [0.4, 0.5) is 21.9 Å². The van der Waals surface area contributed by atoms with Crippen molar-refractivity contribution in [1.29, 1.82) is 0 Å². The van der Waals surface area contributed by atoms with Crippen LogP contribution in [0.3, 0.4) is 0 Å². The molecule has 0 spiro atoms. The summed E-state index contributed by atoms with van der Waals surface area (Å²) in [6.07, 6.45) is 1.51. The van der Waals surface area contributed by atoms with Gasteiger partial charge in [-0.2, -0.15) is 0 Å². The fourth-order valence-corrected chi connectivity index (χ4v) is 1.82. The monoisotopic (exact) mass is 340 g/mol. The zero-order chi connectivity index (χ0) is 13.8. The Hall–Kier alpha value is -1.79. The summed E-state index contributed by atoms with van der Waals surface area (Å²) < 4.78 is 0.777. The third-order valence-corrected chi connectivity index (χ3v) is 3.17. The predicted molar refractivity (Wildman–Crippen MR) is 80.4 cm³/mol. The van der Waals surface area contributed by atoms with Crippen molar-refractivity contribution in [3.05, 3.63) is 46.2 Å². The molecule has 5 nitrogen and oxygen atoms in total. The Morgan fingerprint density at radius 2 is 1.89 bits per heavy atom. The van der Waals surface area contributed by atoms with Crippen molar-refractivity contribution < 1.29 is 4.79 Å². The summed E-state index contributed by atoms with van der Waals surface area (Å²) in [6, 6.07) is 7.96. The third kappa shape index (κ3) is 3.84. The number of pyridine rings is 1. The minimum absolute atomic E-state index is 0.311. The normalized spacial score (nSPS) is 10.0. The Kier molecular flexibility index (Phi) is 4.24. The molecule has 0 radical (unpaired) electrons. The fraction of sp³-hybridized carbons (Fsp3) is 0. The number of hydrogen-bond donors (Lipinski definition) is 3. The molecule has 0 unspecified atom stereocenters. The van der Waals surface area contributed by atoms with E-state index in [-0.39, 0.29) is 6.03 Å². The smallest absolute Gasteiger partial charge is 0.323 e. The van der Waals surface area contributed by atoms with E-state index in [4.69, 9.17) is 17.3 Å². The van der Waals surface area contributed by atoms with Gasteiger partial charge in [0, 0.05) is 27.7 Å². The van der Waals surface area contributed by atoms with E-state index in [0.29, 0.717) is 22.2 Å². The molecule has 1 aromatic carbocycles. The number of nitrogen functional groups attached to an aromatic ring is 1. The molecular formula is C12H10BrClN4O. The highest BCUT2D eigenvalue weighted by Crippen LogP contribution is 2.23. The average molecular weight is 342 g/mol. The molecule has 0 atom stereocenters. The lowest BCUT2D eigenvalue weighted by atomic mass is 10.3. The van der Waals surface area contributed by atoms with Crippen molar-refractivity contribution in [3.8, 4) is 0 Å². The summed E-state index contributed by atoms with van der Waals surface area (Å²) in [4.78, 5) is 15.6. The molecule has 0 saturated carbocycles. The Bertz CT molecular complexity index is 620. The van der Waals surface area contributed by atoms with Crippen LogP contribution in [0.2, 0.25) is 5.15 Å². The average Bonchev–Trinajstić information content (AvgIpc) is 2.34. The van der Waals surface area contributed by atoms with Crippen molar-refractivity contribution in [2.24, 2.45) is 0 Å². The molecule has 0 aliphatic heterocycles. The Balaban J connectivity index is 2.03. The van der Waals surface area contributed by atoms with Crippen molar-refractivity contribution >= 4 is 50.6 Å². The molecule has 0 saturated heterocycles. The SMILES string of the molecule is Nc1cc(NC(=O)Nc2ccnc(Cl)c2)ccc1Br. The van der Waals surface area contributed by atoms with E-state index in [1.807, 2.05) is 0 Å². The van der Waals surface area contributed by atoms with E-state index < -0.39 is 0 Å². The van der Waals surface area contributed by atoms with Crippen LogP contribution in [-0.2, 0) is 0 Å². The Morgan fingerprint density at radius 1 is 1.21 bits per heavy atom. The predicted octanol–water partition coefficient (Wildman–Crippen LogP) is 3.72. The number of urea groups is 1. The molecule has 2 aromatic rings. The molecule has 4 N–H and O–H groups in total. The second kappa shape index (κ2) is 5.90. The second-order valence-corrected chi connectivity index (χ2v) is 4.92. The summed E-state index contributed by atoms with van der Waals surface area (Å²) in [6.45, 7) is 0. The molecule has 7 heteroatoms. The maximum absolute atomic E-state index is 11.8. The van der Waals surface area contributed by atoms with Gasteiger partial charge in [-0.05, 0) is 46.3 Å². The summed E-state index contributed by atoms with van der Waals surface area (Å²) in [7, 11) is 0. The first-order chi connectivity index (χ1) is 9.04. The zero-order valence-corrected chi connectivity index (χ0v) is 12.0. The summed E-state index contributed by atoms with van der Waals surface area (Å²) in [5, 5.41) is 5.61. The minimum Gasteiger partial charge on any atom is -0.398 e. The van der Waals surface area contributed by atoms with Gasteiger partial charge in [0.1, 0.15) is 5.15 Å². The van der Waals surface area contributed by atoms with E-state index in [1.165, 1.54) is 6.20 Å². The minimum atomic E-state index is -0.385. The van der Waals surface area contributed by atoms with Crippen LogP contribution in [0.1, 0.15) is 0 Å². The second-order valence-electron chi connectivity index (χ2n) is 3.68. The first-order valence-electron chi connectivity index (χ1n) is 5.29. The van der Waals surface area contributed by atoms with Gasteiger partial charge >= 0.3 is 6.03 Å². The van der Waals surface area contributed by atoms with Crippen molar-refractivity contribution in [3.63, 3.8) is 0 Å². The van der Waals surface area contributed by atoms with Crippen LogP contribution in [0.25, 0.3) is 0 Å². The molecule has 98 valence electrons. The Labute approximate surface area is 123 Å². The highest BCUT2D eigenvalue weighted by atomic mass is 79.9. The number of anilines is 3. The lowest BCUT2D eigenvalue weighted by Crippen LogP contribution is -2.19. The van der Waals surface area contributed by atoms with Crippen molar-refractivity contribution in [2.45, 2.75) is 0 Å². The van der Waals surface area contributed by atoms with Gasteiger partial charge in [-0.3, -0.25) is 0 Å². The van der Waals surface area contributed by atoms with E-state index in [9.17, 15) is 4.79 Å². The van der Waals surface area contributed by atoms with E-state index in [2.05, 4.69) is 31.5 Å². The van der Waals surface area contributed by atoms with Gasteiger partial charge in [-0.25, -0.2) is 9.78 Å². The number of carbonyl (C=O) groups is 1. The van der Waals surface area contributed by atoms with Gasteiger partial charge in [-0.1, -0.05) is 11.6 Å². The molecule has 1 aromatic heterocycles. The lowest BCUT2D eigenvalue weighted by Gasteiger charge is -2.08. The van der Waals surface area contributed by atoms with Gasteiger partial charge in [-0.15, -0.1) is 0 Å². The van der Waals surface area contributed by atoms with Gasteiger partial charge in [0.15, 0.2) is 0 Å². The summed E-state index contributed by atoms with van der Waals surface area (Å²) >= 11 is 9.00. The fourth-order valence-electron chi connectivity index (χ4n) is 1.40. The highest BCUT2D eigenvalue weighted by molar-refractivity contribution is 9.10.